The number of nitrogens with zero attached hydrogens (tertiary/aromatic N) is 5. The Bertz CT molecular complexity index is 1410. The molecule has 7 rings (SSSR count). The van der Waals surface area contributed by atoms with Crippen molar-refractivity contribution in [2.45, 2.75) is 43.8 Å². The Morgan fingerprint density at radius 2 is 1.43 bits per heavy atom. The van der Waals surface area contributed by atoms with E-state index in [-0.39, 0.29) is 6.03 Å². The van der Waals surface area contributed by atoms with E-state index in [1.165, 1.54) is 5.69 Å². The first-order chi connectivity index (χ1) is 21.6. The minimum absolute atomic E-state index is 0.283. The summed E-state index contributed by atoms with van der Waals surface area (Å²) in [6.07, 6.45) is 4.16. The smallest absolute Gasteiger partial charge is 0.323 e. The Kier molecular flexibility index (Phi) is 8.50. The van der Waals surface area contributed by atoms with Crippen LogP contribution in [0.1, 0.15) is 25.7 Å². The number of piperazine rings is 1. The first-order valence-corrected chi connectivity index (χ1v) is 15.9. The molecule has 3 aromatic rings. The van der Waals surface area contributed by atoms with Gasteiger partial charge in [0.2, 0.25) is 0 Å². The normalized spacial score (nSPS) is 22.6. The zero-order chi connectivity index (χ0) is 29.9. The van der Waals surface area contributed by atoms with Crippen molar-refractivity contribution >= 4 is 34.7 Å². The van der Waals surface area contributed by atoms with E-state index in [0.29, 0.717) is 29.6 Å². The molecule has 2 amide bonds. The monoisotopic (exact) mass is 598 g/mol. The number of ether oxygens (including phenoxy) is 2. The molecule has 4 saturated heterocycles. The average molecular weight is 599 g/mol. The zero-order valence-electron chi connectivity index (χ0n) is 25.4. The number of hydrogen-bond donors (Lipinski definition) is 3. The molecule has 5 heterocycles. The number of nitrogens with one attached hydrogen (secondary N) is 3. The summed E-state index contributed by atoms with van der Waals surface area (Å²) in [7, 11) is 2.15. The quantitative estimate of drug-likeness (QED) is 0.363. The molecule has 2 aromatic carbocycles. The van der Waals surface area contributed by atoms with E-state index < -0.39 is 0 Å². The predicted octanol–water partition coefficient (Wildman–Crippen LogP) is 4.50. The van der Waals surface area contributed by atoms with Crippen molar-refractivity contribution < 1.29 is 14.3 Å². The number of carbonyl (C=O) groups excluding carboxylic acids is 1. The topological polar surface area (TPSA) is 107 Å². The highest BCUT2D eigenvalue weighted by molar-refractivity contribution is 6.00. The number of amides is 2. The molecule has 11 heteroatoms. The first-order valence-electron chi connectivity index (χ1n) is 15.9. The van der Waals surface area contributed by atoms with Crippen molar-refractivity contribution in [3.63, 3.8) is 0 Å². The molecular weight excluding hydrogens is 556 g/mol. The second-order valence-electron chi connectivity index (χ2n) is 12.3. The van der Waals surface area contributed by atoms with E-state index in [1.807, 2.05) is 36.4 Å². The second kappa shape index (κ2) is 13.0. The van der Waals surface area contributed by atoms with Gasteiger partial charge >= 0.3 is 6.03 Å². The summed E-state index contributed by atoms with van der Waals surface area (Å²) in [5, 5.41) is 9.54. The van der Waals surface area contributed by atoms with Gasteiger partial charge < -0.3 is 40.1 Å². The standard InChI is InChI=1S/C33H42N8O3/c1-39-14-16-40(17-15-39)27-8-6-25(7-9-27)36-33(42)35-24-4-2-23(3-5-24)32-37-30(34-26-12-18-43-19-13-26)20-31(38-32)41-28-10-11-29(41)22-44-21-28/h2-9,20,26,28-29H,10-19,21-22H2,1H3,(H,34,37,38)(H2,35,36,42). The lowest BCUT2D eigenvalue weighted by molar-refractivity contribution is 0.0899. The molecule has 11 nitrogen and oxygen atoms in total. The molecule has 232 valence electrons. The van der Waals surface area contributed by atoms with Crippen LogP contribution in [0.4, 0.5) is 33.5 Å². The number of carbonyl (C=O) groups is 1. The summed E-state index contributed by atoms with van der Waals surface area (Å²) < 4.78 is 11.4. The first kappa shape index (κ1) is 28.8. The number of rotatable bonds is 7. The Balaban J connectivity index is 1.03. The summed E-state index contributed by atoms with van der Waals surface area (Å²) in [6.45, 7) is 7.14. The lowest BCUT2D eigenvalue weighted by Gasteiger charge is -2.36. The Morgan fingerprint density at radius 1 is 0.795 bits per heavy atom. The van der Waals surface area contributed by atoms with E-state index in [1.54, 1.807) is 0 Å². The molecule has 1 aromatic heterocycles. The van der Waals surface area contributed by atoms with E-state index in [2.05, 4.69) is 55.9 Å². The molecular formula is C33H42N8O3. The average Bonchev–Trinajstić information content (AvgIpc) is 3.30. The minimum atomic E-state index is -0.283. The van der Waals surface area contributed by atoms with Crippen LogP contribution in [-0.4, -0.2) is 98.7 Å². The van der Waals surface area contributed by atoms with Crippen LogP contribution in [0.2, 0.25) is 0 Å². The molecule has 3 N–H and O–H groups in total. The maximum Gasteiger partial charge on any atom is 0.323 e. The summed E-state index contributed by atoms with van der Waals surface area (Å²) in [5.74, 6) is 2.45. The van der Waals surface area contributed by atoms with Crippen LogP contribution in [-0.2, 0) is 9.47 Å². The summed E-state index contributed by atoms with van der Waals surface area (Å²) >= 11 is 0. The fraction of sp³-hybridized carbons (Fsp3) is 0.485. The number of morpholine rings is 1. The predicted molar refractivity (Wildman–Crippen MR) is 174 cm³/mol. The van der Waals surface area contributed by atoms with Crippen molar-refractivity contribution in [1.82, 2.24) is 14.9 Å². The van der Waals surface area contributed by atoms with Gasteiger partial charge in [0.15, 0.2) is 5.82 Å². The highest BCUT2D eigenvalue weighted by Gasteiger charge is 2.38. The molecule has 0 spiro atoms. The molecule has 0 radical (unpaired) electrons. The van der Waals surface area contributed by atoms with Gasteiger partial charge in [-0.2, -0.15) is 0 Å². The molecule has 44 heavy (non-hydrogen) atoms. The van der Waals surface area contributed by atoms with E-state index >= 15 is 0 Å². The lowest BCUT2D eigenvalue weighted by atomic mass is 10.1. The van der Waals surface area contributed by atoms with Gasteiger partial charge in [0.25, 0.3) is 0 Å². The van der Waals surface area contributed by atoms with Crippen molar-refractivity contribution in [3.8, 4) is 11.4 Å². The van der Waals surface area contributed by atoms with Gasteiger partial charge in [-0.05, 0) is 81.3 Å². The van der Waals surface area contributed by atoms with Crippen LogP contribution in [0.25, 0.3) is 11.4 Å². The van der Waals surface area contributed by atoms with Gasteiger partial charge in [0, 0.05) is 74.1 Å². The number of hydrogen-bond acceptors (Lipinski definition) is 9. The number of aromatic nitrogens is 2. The summed E-state index contributed by atoms with van der Waals surface area (Å²) in [4.78, 5) is 29.9. The van der Waals surface area contributed by atoms with Crippen molar-refractivity contribution in [3.05, 3.63) is 54.6 Å². The molecule has 4 aliphatic heterocycles. The highest BCUT2D eigenvalue weighted by Crippen LogP contribution is 2.35. The van der Waals surface area contributed by atoms with E-state index in [4.69, 9.17) is 19.4 Å². The highest BCUT2D eigenvalue weighted by atomic mass is 16.5. The third kappa shape index (κ3) is 6.59. The van der Waals surface area contributed by atoms with Gasteiger partial charge in [-0.25, -0.2) is 14.8 Å². The SMILES string of the molecule is CN1CCN(c2ccc(NC(=O)Nc3ccc(-c4nc(NC5CCOCC5)cc(N5C6CCC5COC6)n4)cc3)cc2)CC1. The van der Waals surface area contributed by atoms with Crippen LogP contribution < -0.4 is 25.8 Å². The van der Waals surface area contributed by atoms with Gasteiger partial charge in [0.1, 0.15) is 11.6 Å². The van der Waals surface area contributed by atoms with Crippen LogP contribution in [0.3, 0.4) is 0 Å². The van der Waals surface area contributed by atoms with Gasteiger partial charge in [-0.3, -0.25) is 0 Å². The molecule has 4 aliphatic rings. The molecule has 2 unspecified atom stereocenters. The second-order valence-corrected chi connectivity index (χ2v) is 12.3. The third-order valence-corrected chi connectivity index (χ3v) is 9.19. The number of fused-ring (bicyclic) bond motifs is 2. The Labute approximate surface area is 258 Å². The Hall–Kier alpha value is -3.93. The van der Waals surface area contributed by atoms with Crippen molar-refractivity contribution in [2.75, 3.05) is 85.4 Å². The molecule has 2 atom stereocenters. The van der Waals surface area contributed by atoms with Gasteiger partial charge in [0.05, 0.1) is 25.3 Å². The number of likely N-dealkylation sites (N-methyl/N-ethyl adjacent to an activating group) is 1. The third-order valence-electron chi connectivity index (χ3n) is 9.19. The van der Waals surface area contributed by atoms with Crippen LogP contribution >= 0.6 is 0 Å². The van der Waals surface area contributed by atoms with E-state index in [0.717, 1.165) is 101 Å². The molecule has 4 fully saturated rings. The fourth-order valence-corrected chi connectivity index (χ4v) is 6.64. The minimum Gasteiger partial charge on any atom is -0.381 e. The molecule has 2 bridgehead atoms. The maximum atomic E-state index is 12.8. The Morgan fingerprint density at radius 3 is 2.09 bits per heavy atom. The van der Waals surface area contributed by atoms with Gasteiger partial charge in [-0.1, -0.05) is 0 Å². The summed E-state index contributed by atoms with van der Waals surface area (Å²) in [5.41, 5.74) is 3.53. The summed E-state index contributed by atoms with van der Waals surface area (Å²) in [6, 6.07) is 18.6. The maximum absolute atomic E-state index is 12.8. The van der Waals surface area contributed by atoms with Crippen LogP contribution in [0, 0.1) is 0 Å². The van der Waals surface area contributed by atoms with Gasteiger partial charge in [-0.15, -0.1) is 0 Å². The lowest BCUT2D eigenvalue weighted by Crippen LogP contribution is -2.46. The molecule has 0 saturated carbocycles. The van der Waals surface area contributed by atoms with E-state index in [9.17, 15) is 4.79 Å². The molecule has 0 aliphatic carbocycles. The largest absolute Gasteiger partial charge is 0.381 e. The number of anilines is 5. The zero-order valence-corrected chi connectivity index (χ0v) is 25.4. The van der Waals surface area contributed by atoms with Crippen LogP contribution in [0.5, 0.6) is 0 Å². The fourth-order valence-electron chi connectivity index (χ4n) is 6.64. The van der Waals surface area contributed by atoms with Crippen LogP contribution in [0.15, 0.2) is 54.6 Å². The van der Waals surface area contributed by atoms with Crippen molar-refractivity contribution in [2.24, 2.45) is 0 Å². The number of urea groups is 1. The number of benzene rings is 2. The van der Waals surface area contributed by atoms with Crippen molar-refractivity contribution in [1.29, 1.82) is 0 Å².